The number of amides is 1. The van der Waals surface area contributed by atoms with Crippen molar-refractivity contribution in [3.05, 3.63) is 29.8 Å². The average molecular weight is 307 g/mol. The summed E-state index contributed by atoms with van der Waals surface area (Å²) in [6.07, 6.45) is -0.731. The maximum Gasteiger partial charge on any atom is 0.334 e. The fourth-order valence-electron chi connectivity index (χ4n) is 2.32. The minimum atomic E-state index is -1.04. The third-order valence-electron chi connectivity index (χ3n) is 3.37. The van der Waals surface area contributed by atoms with Gasteiger partial charge in [-0.3, -0.25) is 4.79 Å². The van der Waals surface area contributed by atoms with E-state index in [-0.39, 0.29) is 31.6 Å². The van der Waals surface area contributed by atoms with Gasteiger partial charge in [0.1, 0.15) is 5.75 Å². The maximum absolute atomic E-state index is 12.4. The minimum Gasteiger partial charge on any atom is -0.491 e. The van der Waals surface area contributed by atoms with Gasteiger partial charge in [0.25, 0.3) is 0 Å². The zero-order chi connectivity index (χ0) is 16.1. The summed E-state index contributed by atoms with van der Waals surface area (Å²) in [6, 6.07) is 7.41. The molecule has 0 unspecified atom stereocenters. The number of hydrogen-bond donors (Lipinski definition) is 1. The highest BCUT2D eigenvalue weighted by Crippen LogP contribution is 2.21. The van der Waals surface area contributed by atoms with Gasteiger partial charge in [0.2, 0.25) is 5.91 Å². The molecule has 6 heteroatoms. The molecule has 1 N–H and O–H groups in total. The predicted molar refractivity (Wildman–Crippen MR) is 79.9 cm³/mol. The van der Waals surface area contributed by atoms with Crippen LogP contribution in [0.4, 0.5) is 0 Å². The molecule has 1 aromatic rings. The van der Waals surface area contributed by atoms with Gasteiger partial charge in [-0.15, -0.1) is 0 Å². The topological polar surface area (TPSA) is 76.1 Å². The third-order valence-corrected chi connectivity index (χ3v) is 3.37. The molecule has 0 aliphatic carbocycles. The van der Waals surface area contributed by atoms with E-state index in [9.17, 15) is 9.59 Å². The monoisotopic (exact) mass is 307 g/mol. The van der Waals surface area contributed by atoms with E-state index in [1.54, 1.807) is 0 Å². The molecular formula is C16H21NO5. The molecular weight excluding hydrogens is 286 g/mol. The quantitative estimate of drug-likeness (QED) is 0.888. The molecule has 1 fully saturated rings. The molecule has 22 heavy (non-hydrogen) atoms. The summed E-state index contributed by atoms with van der Waals surface area (Å²) in [5, 5.41) is 8.99. The summed E-state index contributed by atoms with van der Waals surface area (Å²) in [6.45, 7) is 4.60. The number of rotatable bonds is 5. The lowest BCUT2D eigenvalue weighted by Crippen LogP contribution is -2.49. The van der Waals surface area contributed by atoms with Crippen LogP contribution in [0.2, 0.25) is 0 Å². The Bertz CT molecular complexity index is 543. The molecule has 1 aliphatic rings. The lowest BCUT2D eigenvalue weighted by atomic mass is 10.1. The van der Waals surface area contributed by atoms with E-state index in [1.807, 2.05) is 38.1 Å². The summed E-state index contributed by atoms with van der Waals surface area (Å²) < 4.78 is 10.8. The highest BCUT2D eigenvalue weighted by molar-refractivity contribution is 5.81. The second-order valence-electron chi connectivity index (χ2n) is 5.49. The Morgan fingerprint density at radius 2 is 2.14 bits per heavy atom. The molecule has 1 aromatic carbocycles. The van der Waals surface area contributed by atoms with Gasteiger partial charge >= 0.3 is 5.97 Å². The number of hydrogen-bond acceptors (Lipinski definition) is 4. The van der Waals surface area contributed by atoms with E-state index in [0.29, 0.717) is 12.3 Å². The molecule has 1 saturated heterocycles. The molecule has 0 saturated carbocycles. The fraction of sp³-hybridized carbons (Fsp3) is 0.500. The summed E-state index contributed by atoms with van der Waals surface area (Å²) in [7, 11) is 0. The highest BCUT2D eigenvalue weighted by atomic mass is 16.5. The van der Waals surface area contributed by atoms with Crippen LogP contribution in [0.5, 0.6) is 5.75 Å². The number of carboxylic acid groups (broad SMARTS) is 1. The van der Waals surface area contributed by atoms with E-state index in [1.165, 1.54) is 4.90 Å². The highest BCUT2D eigenvalue weighted by Gasteiger charge is 2.29. The Kier molecular flexibility index (Phi) is 5.38. The smallest absolute Gasteiger partial charge is 0.334 e. The van der Waals surface area contributed by atoms with Crippen LogP contribution in [0.15, 0.2) is 24.3 Å². The van der Waals surface area contributed by atoms with Crippen LogP contribution in [0.3, 0.4) is 0 Å². The SMILES string of the molecule is CC(C)Oc1ccccc1CC(=O)N1CCO[C@@H](C(=O)O)C1. The lowest BCUT2D eigenvalue weighted by Gasteiger charge is -2.31. The van der Waals surface area contributed by atoms with Crippen molar-refractivity contribution in [2.24, 2.45) is 0 Å². The fourth-order valence-corrected chi connectivity index (χ4v) is 2.32. The number of carbonyl (C=O) groups excluding carboxylic acids is 1. The van der Waals surface area contributed by atoms with E-state index < -0.39 is 12.1 Å². The van der Waals surface area contributed by atoms with Crippen LogP contribution in [-0.2, 0) is 20.7 Å². The molecule has 0 radical (unpaired) electrons. The van der Waals surface area contributed by atoms with E-state index in [4.69, 9.17) is 14.6 Å². The van der Waals surface area contributed by atoms with Crippen LogP contribution in [0.25, 0.3) is 0 Å². The number of para-hydroxylation sites is 1. The molecule has 6 nitrogen and oxygen atoms in total. The van der Waals surface area contributed by atoms with Crippen LogP contribution < -0.4 is 4.74 Å². The van der Waals surface area contributed by atoms with Crippen molar-refractivity contribution in [2.75, 3.05) is 19.7 Å². The van der Waals surface area contributed by atoms with Crippen molar-refractivity contribution in [3.8, 4) is 5.75 Å². The lowest BCUT2D eigenvalue weighted by molar-refractivity contribution is -0.159. The van der Waals surface area contributed by atoms with Crippen molar-refractivity contribution >= 4 is 11.9 Å². The van der Waals surface area contributed by atoms with Gasteiger partial charge in [-0.25, -0.2) is 4.79 Å². The molecule has 120 valence electrons. The van der Waals surface area contributed by atoms with E-state index in [0.717, 1.165) is 5.56 Å². The first kappa shape index (κ1) is 16.3. The minimum absolute atomic E-state index is 0.0241. The molecule has 2 rings (SSSR count). The Hall–Kier alpha value is -2.08. The van der Waals surface area contributed by atoms with Crippen molar-refractivity contribution in [1.82, 2.24) is 4.90 Å². The molecule has 0 bridgehead atoms. The van der Waals surface area contributed by atoms with Crippen LogP contribution in [-0.4, -0.2) is 53.8 Å². The molecule has 1 atom stereocenters. The van der Waals surface area contributed by atoms with E-state index >= 15 is 0 Å². The van der Waals surface area contributed by atoms with Gasteiger partial charge in [0.15, 0.2) is 6.10 Å². The van der Waals surface area contributed by atoms with Crippen molar-refractivity contribution in [2.45, 2.75) is 32.5 Å². The Morgan fingerprint density at radius 3 is 2.82 bits per heavy atom. The summed E-state index contributed by atoms with van der Waals surface area (Å²) in [5.41, 5.74) is 0.805. The summed E-state index contributed by atoms with van der Waals surface area (Å²) in [4.78, 5) is 24.9. The number of ether oxygens (including phenoxy) is 2. The average Bonchev–Trinajstić information content (AvgIpc) is 2.49. The van der Waals surface area contributed by atoms with Gasteiger partial charge in [-0.05, 0) is 19.9 Å². The molecule has 1 aliphatic heterocycles. The number of morpholine rings is 1. The van der Waals surface area contributed by atoms with Gasteiger partial charge in [-0.2, -0.15) is 0 Å². The zero-order valence-electron chi connectivity index (χ0n) is 12.8. The Labute approximate surface area is 129 Å². The zero-order valence-corrected chi connectivity index (χ0v) is 12.8. The van der Waals surface area contributed by atoms with Gasteiger partial charge in [0.05, 0.1) is 25.7 Å². The first-order valence-corrected chi connectivity index (χ1v) is 7.34. The summed E-state index contributed by atoms with van der Waals surface area (Å²) in [5.74, 6) is -0.468. The molecule has 0 aromatic heterocycles. The molecule has 0 spiro atoms. The van der Waals surface area contributed by atoms with Crippen LogP contribution in [0, 0.1) is 0 Å². The van der Waals surface area contributed by atoms with E-state index in [2.05, 4.69) is 0 Å². The van der Waals surface area contributed by atoms with Crippen LogP contribution >= 0.6 is 0 Å². The Balaban J connectivity index is 2.04. The van der Waals surface area contributed by atoms with Crippen LogP contribution in [0.1, 0.15) is 19.4 Å². The van der Waals surface area contributed by atoms with Crippen molar-refractivity contribution in [3.63, 3.8) is 0 Å². The third kappa shape index (κ3) is 4.21. The number of aliphatic carboxylic acids is 1. The van der Waals surface area contributed by atoms with Gasteiger partial charge in [0, 0.05) is 12.1 Å². The molecule has 1 amide bonds. The second-order valence-corrected chi connectivity index (χ2v) is 5.49. The van der Waals surface area contributed by atoms with Gasteiger partial charge in [-0.1, -0.05) is 18.2 Å². The number of carboxylic acids is 1. The first-order chi connectivity index (χ1) is 10.5. The maximum atomic E-state index is 12.4. The standard InChI is InChI=1S/C16H21NO5/c1-11(2)22-13-6-4-3-5-12(13)9-15(18)17-7-8-21-14(10-17)16(19)20/h3-6,11,14H,7-10H2,1-2H3,(H,19,20)/t14-/m1/s1. The number of carbonyl (C=O) groups is 2. The van der Waals surface area contributed by atoms with Crippen molar-refractivity contribution in [1.29, 1.82) is 0 Å². The van der Waals surface area contributed by atoms with Gasteiger partial charge < -0.3 is 19.5 Å². The molecule has 1 heterocycles. The second kappa shape index (κ2) is 7.26. The van der Waals surface area contributed by atoms with Crippen molar-refractivity contribution < 1.29 is 24.2 Å². The predicted octanol–water partition coefficient (Wildman–Crippen LogP) is 1.33. The number of benzene rings is 1. The Morgan fingerprint density at radius 1 is 1.41 bits per heavy atom. The number of nitrogens with zero attached hydrogens (tertiary/aromatic N) is 1. The normalized spacial score (nSPS) is 18.3. The first-order valence-electron chi connectivity index (χ1n) is 7.34. The largest absolute Gasteiger partial charge is 0.491 e. The summed E-state index contributed by atoms with van der Waals surface area (Å²) >= 11 is 0.